The van der Waals surface area contributed by atoms with Crippen molar-refractivity contribution in [1.29, 1.82) is 0 Å². The van der Waals surface area contributed by atoms with Crippen molar-refractivity contribution in [2.75, 3.05) is 6.61 Å². The molecule has 27 heavy (non-hydrogen) atoms. The lowest BCUT2D eigenvalue weighted by Gasteiger charge is -2.18. The van der Waals surface area contributed by atoms with E-state index in [0.717, 1.165) is 44.0 Å². The third-order valence-corrected chi connectivity index (χ3v) is 5.27. The highest BCUT2D eigenvalue weighted by atomic mass is 32.1. The average Bonchev–Trinajstić information content (AvgIpc) is 3.08. The molecule has 4 heterocycles. The van der Waals surface area contributed by atoms with Crippen molar-refractivity contribution in [3.63, 3.8) is 0 Å². The standard InChI is InChI=1S/C20H20N4O2S/c1-12(2)26-24-15-8-10-25-17-7-6-16(23-18(15)17)19-13(3)22-20(27-19)14-5-4-9-21-11-14/h4-7,9,11-12H,8,10H2,1-3H3. The molecular weight excluding hydrogens is 360 g/mol. The number of oxime groups is 1. The number of thiazole rings is 1. The Morgan fingerprint density at radius 3 is 2.89 bits per heavy atom. The normalized spacial score (nSPS) is 14.9. The second kappa shape index (κ2) is 7.44. The van der Waals surface area contributed by atoms with Gasteiger partial charge in [0.1, 0.15) is 28.3 Å². The van der Waals surface area contributed by atoms with Gasteiger partial charge in [0.2, 0.25) is 0 Å². The van der Waals surface area contributed by atoms with Gasteiger partial charge in [0.15, 0.2) is 0 Å². The van der Waals surface area contributed by atoms with Gasteiger partial charge in [-0.05, 0) is 45.0 Å². The van der Waals surface area contributed by atoms with E-state index in [2.05, 4.69) is 10.1 Å². The molecule has 4 rings (SSSR count). The zero-order valence-electron chi connectivity index (χ0n) is 15.5. The maximum atomic E-state index is 5.74. The van der Waals surface area contributed by atoms with Crippen LogP contribution in [0.2, 0.25) is 0 Å². The van der Waals surface area contributed by atoms with Crippen LogP contribution in [0, 0.1) is 6.92 Å². The van der Waals surface area contributed by atoms with Crippen molar-refractivity contribution in [2.45, 2.75) is 33.3 Å². The predicted molar refractivity (Wildman–Crippen MR) is 106 cm³/mol. The molecule has 6 nitrogen and oxygen atoms in total. The van der Waals surface area contributed by atoms with Crippen LogP contribution in [-0.4, -0.2) is 33.4 Å². The van der Waals surface area contributed by atoms with Crippen LogP contribution in [0.5, 0.6) is 5.75 Å². The average molecular weight is 380 g/mol. The number of hydrogen-bond donors (Lipinski definition) is 0. The van der Waals surface area contributed by atoms with Gasteiger partial charge >= 0.3 is 0 Å². The van der Waals surface area contributed by atoms with Gasteiger partial charge in [-0.3, -0.25) is 4.98 Å². The summed E-state index contributed by atoms with van der Waals surface area (Å²) in [4.78, 5) is 20.2. The third-order valence-electron chi connectivity index (χ3n) is 4.04. The number of aryl methyl sites for hydroxylation is 1. The molecule has 0 N–H and O–H groups in total. The lowest BCUT2D eigenvalue weighted by molar-refractivity contribution is 0.0849. The van der Waals surface area contributed by atoms with E-state index >= 15 is 0 Å². The molecule has 0 unspecified atom stereocenters. The van der Waals surface area contributed by atoms with Crippen LogP contribution >= 0.6 is 11.3 Å². The van der Waals surface area contributed by atoms with E-state index in [1.165, 1.54) is 0 Å². The van der Waals surface area contributed by atoms with E-state index in [0.29, 0.717) is 13.0 Å². The van der Waals surface area contributed by atoms with Gasteiger partial charge < -0.3 is 9.57 Å². The van der Waals surface area contributed by atoms with Gasteiger partial charge in [0.05, 0.1) is 22.9 Å². The molecule has 0 aromatic carbocycles. The number of pyridine rings is 2. The first kappa shape index (κ1) is 17.6. The number of hydrogen-bond acceptors (Lipinski definition) is 7. The lowest BCUT2D eigenvalue weighted by atomic mass is 10.1. The fourth-order valence-electron chi connectivity index (χ4n) is 2.78. The molecule has 7 heteroatoms. The van der Waals surface area contributed by atoms with E-state index in [1.54, 1.807) is 17.5 Å². The van der Waals surface area contributed by atoms with Gasteiger partial charge in [0.25, 0.3) is 0 Å². The highest BCUT2D eigenvalue weighted by Crippen LogP contribution is 2.36. The number of aromatic nitrogens is 3. The SMILES string of the molecule is Cc1nc(-c2cccnc2)sc1-c1ccc2c(n1)C(=NOC(C)C)CCO2. The van der Waals surface area contributed by atoms with Crippen LogP contribution in [0.15, 0.2) is 41.8 Å². The van der Waals surface area contributed by atoms with Gasteiger partial charge in [0, 0.05) is 24.4 Å². The van der Waals surface area contributed by atoms with E-state index in [9.17, 15) is 0 Å². The first-order valence-electron chi connectivity index (χ1n) is 8.87. The molecule has 0 radical (unpaired) electrons. The van der Waals surface area contributed by atoms with Gasteiger partial charge in [-0.25, -0.2) is 9.97 Å². The van der Waals surface area contributed by atoms with Gasteiger partial charge in [-0.1, -0.05) is 5.16 Å². The molecule has 3 aromatic rings. The molecule has 0 atom stereocenters. The van der Waals surface area contributed by atoms with Crippen LogP contribution in [0.4, 0.5) is 0 Å². The summed E-state index contributed by atoms with van der Waals surface area (Å²) >= 11 is 1.61. The Kier molecular flexibility index (Phi) is 4.85. The molecule has 0 aliphatic carbocycles. The molecule has 1 aliphatic rings. The monoisotopic (exact) mass is 380 g/mol. The quantitative estimate of drug-likeness (QED) is 0.624. The molecule has 138 valence electrons. The summed E-state index contributed by atoms with van der Waals surface area (Å²) in [7, 11) is 0. The first-order valence-corrected chi connectivity index (χ1v) is 9.68. The Balaban J connectivity index is 1.73. The first-order chi connectivity index (χ1) is 13.1. The minimum absolute atomic E-state index is 0.0257. The molecule has 0 bridgehead atoms. The second-order valence-electron chi connectivity index (χ2n) is 6.51. The summed E-state index contributed by atoms with van der Waals surface area (Å²) < 4.78 is 5.74. The van der Waals surface area contributed by atoms with Crippen molar-refractivity contribution in [3.05, 3.63) is 48.0 Å². The molecule has 0 spiro atoms. The summed E-state index contributed by atoms with van der Waals surface area (Å²) in [5, 5.41) is 5.22. The molecule has 0 saturated heterocycles. The zero-order chi connectivity index (χ0) is 18.8. The number of rotatable bonds is 4. The van der Waals surface area contributed by atoms with Crippen LogP contribution < -0.4 is 4.74 Å². The van der Waals surface area contributed by atoms with Gasteiger partial charge in [-0.15, -0.1) is 11.3 Å². The zero-order valence-corrected chi connectivity index (χ0v) is 16.3. The summed E-state index contributed by atoms with van der Waals surface area (Å²) in [6.07, 6.45) is 4.29. The summed E-state index contributed by atoms with van der Waals surface area (Å²) in [5.41, 5.74) is 4.38. The van der Waals surface area contributed by atoms with E-state index in [-0.39, 0.29) is 6.10 Å². The van der Waals surface area contributed by atoms with E-state index in [1.807, 2.05) is 51.2 Å². The molecule has 1 aliphatic heterocycles. The summed E-state index contributed by atoms with van der Waals surface area (Å²) in [5.74, 6) is 0.741. The number of ether oxygens (including phenoxy) is 1. The van der Waals surface area contributed by atoms with Crippen molar-refractivity contribution in [3.8, 4) is 26.9 Å². The van der Waals surface area contributed by atoms with Crippen LogP contribution in [0.3, 0.4) is 0 Å². The maximum absolute atomic E-state index is 5.74. The van der Waals surface area contributed by atoms with E-state index < -0.39 is 0 Å². The Bertz CT molecular complexity index is 983. The minimum atomic E-state index is 0.0257. The smallest absolute Gasteiger partial charge is 0.147 e. The third kappa shape index (κ3) is 3.68. The van der Waals surface area contributed by atoms with Crippen molar-refractivity contribution in [1.82, 2.24) is 15.0 Å². The van der Waals surface area contributed by atoms with Crippen molar-refractivity contribution >= 4 is 17.0 Å². The Morgan fingerprint density at radius 1 is 1.22 bits per heavy atom. The lowest BCUT2D eigenvalue weighted by Crippen LogP contribution is -2.19. The van der Waals surface area contributed by atoms with E-state index in [4.69, 9.17) is 19.5 Å². The second-order valence-corrected chi connectivity index (χ2v) is 7.51. The van der Waals surface area contributed by atoms with Crippen LogP contribution in [0.1, 0.15) is 31.7 Å². The molecular formula is C20H20N4O2S. The molecule has 0 amide bonds. The largest absolute Gasteiger partial charge is 0.491 e. The predicted octanol–water partition coefficient (Wildman–Crippen LogP) is 4.49. The minimum Gasteiger partial charge on any atom is -0.491 e. The summed E-state index contributed by atoms with van der Waals surface area (Å²) in [6, 6.07) is 7.85. The topological polar surface area (TPSA) is 69.5 Å². The molecule has 3 aromatic heterocycles. The van der Waals surface area contributed by atoms with Crippen molar-refractivity contribution in [2.24, 2.45) is 5.16 Å². The number of nitrogens with zero attached hydrogens (tertiary/aromatic N) is 4. The highest BCUT2D eigenvalue weighted by molar-refractivity contribution is 7.18. The fraction of sp³-hybridized carbons (Fsp3) is 0.300. The van der Waals surface area contributed by atoms with Gasteiger partial charge in [-0.2, -0.15) is 0 Å². The Morgan fingerprint density at radius 2 is 2.11 bits per heavy atom. The Hall–Kier alpha value is -2.80. The maximum Gasteiger partial charge on any atom is 0.147 e. The van der Waals surface area contributed by atoms with Crippen molar-refractivity contribution < 1.29 is 9.57 Å². The van der Waals surface area contributed by atoms with Crippen LogP contribution in [0.25, 0.3) is 21.1 Å². The highest BCUT2D eigenvalue weighted by Gasteiger charge is 2.22. The van der Waals surface area contributed by atoms with Crippen LogP contribution in [-0.2, 0) is 4.84 Å². The summed E-state index contributed by atoms with van der Waals surface area (Å²) in [6.45, 7) is 6.49. The Labute approximate surface area is 161 Å². The molecule has 0 fully saturated rings. The molecule has 0 saturated carbocycles. The fourth-order valence-corrected chi connectivity index (χ4v) is 3.80. The number of fused-ring (bicyclic) bond motifs is 1.